The highest BCUT2D eigenvalue weighted by atomic mass is 32.2. The van der Waals surface area contributed by atoms with Gasteiger partial charge in [0.2, 0.25) is 0 Å². The summed E-state index contributed by atoms with van der Waals surface area (Å²) in [5.41, 5.74) is 0. The molecule has 0 aromatic carbocycles. The van der Waals surface area contributed by atoms with Gasteiger partial charge in [-0.25, -0.2) is 0 Å². The smallest absolute Gasteiger partial charge is 0.280 e. The summed E-state index contributed by atoms with van der Waals surface area (Å²) < 4.78 is 34.8. The minimum atomic E-state index is -4.23. The lowest BCUT2D eigenvalue weighted by molar-refractivity contribution is -0.220. The molecule has 1 aliphatic rings. The maximum atomic E-state index is 11.6. The summed E-state index contributed by atoms with van der Waals surface area (Å²) in [6.07, 6.45) is -3.32. The summed E-state index contributed by atoms with van der Waals surface area (Å²) in [5, 5.41) is 2.38. The van der Waals surface area contributed by atoms with Crippen LogP contribution in [0.1, 0.15) is 0 Å². The third-order valence-electron chi connectivity index (χ3n) is 0.821. The summed E-state index contributed by atoms with van der Waals surface area (Å²) in [7, 11) is 0. The van der Waals surface area contributed by atoms with Crippen molar-refractivity contribution in [2.24, 2.45) is 0 Å². The van der Waals surface area contributed by atoms with E-state index in [2.05, 4.69) is 5.41 Å². The van der Waals surface area contributed by atoms with Crippen molar-refractivity contribution in [3.8, 4) is 0 Å². The minimum absolute atomic E-state index is 0.0660. The van der Waals surface area contributed by atoms with E-state index in [1.54, 1.807) is 0 Å². The highest BCUT2D eigenvalue weighted by Gasteiger charge is 2.36. The van der Waals surface area contributed by atoms with Gasteiger partial charge in [-0.05, 0) is 0 Å². The maximum absolute atomic E-state index is 11.6. The first kappa shape index (κ1) is 6.80. The highest BCUT2D eigenvalue weighted by Crippen LogP contribution is 2.27. The van der Waals surface area contributed by atoms with Gasteiger partial charge in [0.15, 0.2) is 0 Å². The van der Waals surface area contributed by atoms with Crippen molar-refractivity contribution < 1.29 is 13.2 Å². The van der Waals surface area contributed by atoms with Crippen LogP contribution in [0.15, 0.2) is 6.20 Å². The quantitative estimate of drug-likeness (QED) is 0.489. The average Bonchev–Trinajstić information content (AvgIpc) is 2.08. The van der Waals surface area contributed by atoms with Crippen LogP contribution in [0, 0.1) is 5.41 Å². The first-order chi connectivity index (χ1) is 4.11. The van der Waals surface area contributed by atoms with Crippen molar-refractivity contribution >= 4 is 11.8 Å². The minimum Gasteiger partial charge on any atom is -0.280 e. The van der Waals surface area contributed by atoms with Gasteiger partial charge in [-0.15, -0.1) is 11.8 Å². The molecule has 1 radical (unpaired) electrons. The van der Waals surface area contributed by atoms with Crippen molar-refractivity contribution in [1.29, 1.82) is 0 Å². The number of nitrogens with zero attached hydrogens (tertiary/aromatic N) is 1. The van der Waals surface area contributed by atoms with E-state index >= 15 is 0 Å². The van der Waals surface area contributed by atoms with Crippen LogP contribution >= 0.6 is 11.8 Å². The Morgan fingerprint density at radius 2 is 2.22 bits per heavy atom. The molecule has 0 atom stereocenters. The number of rotatable bonds is 0. The lowest BCUT2D eigenvalue weighted by Gasteiger charge is -2.17. The van der Waals surface area contributed by atoms with Crippen LogP contribution in [0.5, 0.6) is 0 Å². The van der Waals surface area contributed by atoms with E-state index in [1.807, 2.05) is 0 Å². The normalized spacial score (nSPS) is 19.2. The summed E-state index contributed by atoms with van der Waals surface area (Å²) in [6.45, 7) is 0. The van der Waals surface area contributed by atoms with Gasteiger partial charge in [0.25, 0.3) is 0 Å². The molecule has 0 aromatic rings. The predicted molar refractivity (Wildman–Crippen MR) is 28.2 cm³/mol. The van der Waals surface area contributed by atoms with E-state index in [4.69, 9.17) is 0 Å². The van der Waals surface area contributed by atoms with Crippen molar-refractivity contribution in [2.45, 2.75) is 6.30 Å². The van der Waals surface area contributed by atoms with Crippen LogP contribution in [-0.4, -0.2) is 17.1 Å². The second-order valence-corrected chi connectivity index (χ2v) is 2.24. The SMILES string of the molecule is FC(F)(F)N1C=[C]SC1. The Balaban J connectivity index is 2.53. The van der Waals surface area contributed by atoms with Crippen LogP contribution in [0.25, 0.3) is 0 Å². The molecule has 1 heterocycles. The molecule has 0 saturated carbocycles. The van der Waals surface area contributed by atoms with Gasteiger partial charge in [-0.1, -0.05) is 0 Å². The van der Waals surface area contributed by atoms with Crippen molar-refractivity contribution in [3.63, 3.8) is 0 Å². The largest absolute Gasteiger partial charge is 0.485 e. The number of alkyl halides is 3. The first-order valence-corrected chi connectivity index (χ1v) is 3.13. The molecule has 0 saturated heterocycles. The number of hydrogen-bond acceptors (Lipinski definition) is 2. The molecule has 0 bridgehead atoms. The molecule has 1 aliphatic heterocycles. The van der Waals surface area contributed by atoms with Gasteiger partial charge >= 0.3 is 6.30 Å². The van der Waals surface area contributed by atoms with Crippen molar-refractivity contribution in [2.75, 3.05) is 5.88 Å². The third kappa shape index (κ3) is 1.54. The zero-order chi connectivity index (χ0) is 6.91. The molecule has 0 fully saturated rings. The fourth-order valence-corrected chi connectivity index (χ4v) is 1.03. The molecule has 0 unspecified atom stereocenters. The Hall–Kier alpha value is -0.320. The van der Waals surface area contributed by atoms with Gasteiger partial charge in [0.1, 0.15) is 0 Å². The van der Waals surface area contributed by atoms with Crippen LogP contribution in [0.2, 0.25) is 0 Å². The van der Waals surface area contributed by atoms with Gasteiger partial charge in [0.05, 0.1) is 5.88 Å². The zero-order valence-electron chi connectivity index (χ0n) is 4.27. The first-order valence-electron chi connectivity index (χ1n) is 2.15. The second kappa shape index (κ2) is 2.13. The van der Waals surface area contributed by atoms with Crippen LogP contribution in [0.3, 0.4) is 0 Å². The highest BCUT2D eigenvalue weighted by molar-refractivity contribution is 8.01. The summed E-state index contributed by atoms with van der Waals surface area (Å²) in [4.78, 5) is 0.275. The molecule has 1 rings (SSSR count). The summed E-state index contributed by atoms with van der Waals surface area (Å²) in [5.74, 6) is -0.0660. The standard InChI is InChI=1S/C4H3F3NS/c5-4(6,7)8-1-2-9-3-8/h1H,3H2. The summed E-state index contributed by atoms with van der Waals surface area (Å²) in [6, 6.07) is 0. The molecule has 5 heteroatoms. The molecule has 0 amide bonds. The monoisotopic (exact) mass is 154 g/mol. The van der Waals surface area contributed by atoms with E-state index in [-0.39, 0.29) is 10.8 Å². The second-order valence-electron chi connectivity index (χ2n) is 1.46. The molecule has 0 aliphatic carbocycles. The Morgan fingerprint density at radius 3 is 2.44 bits per heavy atom. The van der Waals surface area contributed by atoms with Gasteiger partial charge in [-0.2, -0.15) is 13.2 Å². The van der Waals surface area contributed by atoms with E-state index in [0.717, 1.165) is 18.0 Å². The number of hydrogen-bond donors (Lipinski definition) is 0. The Morgan fingerprint density at radius 1 is 1.56 bits per heavy atom. The Kier molecular flexibility index (Phi) is 1.61. The van der Waals surface area contributed by atoms with Gasteiger partial charge in [0, 0.05) is 11.6 Å². The third-order valence-corrected chi connectivity index (χ3v) is 1.50. The molecule has 0 aromatic heterocycles. The molecular formula is C4H3F3NS. The molecular weight excluding hydrogens is 151 g/mol. The lowest BCUT2D eigenvalue weighted by atomic mass is 10.8. The molecule has 0 N–H and O–H groups in total. The molecule has 0 spiro atoms. The van der Waals surface area contributed by atoms with Gasteiger partial charge in [-0.3, -0.25) is 4.90 Å². The summed E-state index contributed by atoms with van der Waals surface area (Å²) >= 11 is 1.01. The zero-order valence-corrected chi connectivity index (χ0v) is 5.09. The molecule has 51 valence electrons. The van der Waals surface area contributed by atoms with E-state index < -0.39 is 6.30 Å². The van der Waals surface area contributed by atoms with Crippen LogP contribution < -0.4 is 0 Å². The average molecular weight is 154 g/mol. The topological polar surface area (TPSA) is 3.24 Å². The van der Waals surface area contributed by atoms with E-state index in [9.17, 15) is 13.2 Å². The Labute approximate surface area is 54.5 Å². The fourth-order valence-electron chi connectivity index (χ4n) is 0.391. The number of thioether (sulfide) groups is 1. The predicted octanol–water partition coefficient (Wildman–Crippen LogP) is 1.79. The maximum Gasteiger partial charge on any atom is 0.485 e. The van der Waals surface area contributed by atoms with Gasteiger partial charge < -0.3 is 0 Å². The van der Waals surface area contributed by atoms with Crippen molar-refractivity contribution in [3.05, 3.63) is 11.6 Å². The lowest BCUT2D eigenvalue weighted by Crippen LogP contribution is -2.30. The van der Waals surface area contributed by atoms with Crippen molar-refractivity contribution in [1.82, 2.24) is 4.90 Å². The Bertz CT molecular complexity index is 130. The van der Waals surface area contributed by atoms with E-state index in [1.165, 1.54) is 0 Å². The fraction of sp³-hybridized carbons (Fsp3) is 0.500. The number of halogens is 3. The van der Waals surface area contributed by atoms with Crippen LogP contribution in [0.4, 0.5) is 13.2 Å². The molecule has 1 nitrogen and oxygen atoms in total. The van der Waals surface area contributed by atoms with E-state index in [0.29, 0.717) is 0 Å². The van der Waals surface area contributed by atoms with Crippen LogP contribution in [-0.2, 0) is 0 Å². The molecule has 9 heavy (non-hydrogen) atoms.